The van der Waals surface area contributed by atoms with Crippen LogP contribution >= 0.6 is 0 Å². The maximum atomic E-state index is 12.6. The van der Waals surface area contributed by atoms with Crippen molar-refractivity contribution in [2.75, 3.05) is 11.4 Å². The molecule has 1 saturated heterocycles. The van der Waals surface area contributed by atoms with Gasteiger partial charge in [0.25, 0.3) is 0 Å². The Hall–Kier alpha value is -1.84. The Labute approximate surface area is 130 Å². The summed E-state index contributed by atoms with van der Waals surface area (Å²) in [6.07, 6.45) is 5.34. The number of para-hydroxylation sites is 1. The van der Waals surface area contributed by atoms with Gasteiger partial charge >= 0.3 is 0 Å². The van der Waals surface area contributed by atoms with Crippen LogP contribution in [-0.4, -0.2) is 24.4 Å². The van der Waals surface area contributed by atoms with Gasteiger partial charge in [0.05, 0.1) is 5.92 Å². The van der Waals surface area contributed by atoms with Crippen LogP contribution in [0.2, 0.25) is 0 Å². The van der Waals surface area contributed by atoms with E-state index in [2.05, 4.69) is 5.32 Å². The Bertz CT molecular complexity index is 566. The molecule has 3 fully saturated rings. The fourth-order valence-electron chi connectivity index (χ4n) is 3.55. The topological polar surface area (TPSA) is 49.4 Å². The molecule has 1 heterocycles. The first-order valence-electron chi connectivity index (χ1n) is 8.38. The Morgan fingerprint density at radius 1 is 1.09 bits per heavy atom. The van der Waals surface area contributed by atoms with Crippen molar-refractivity contribution in [3.05, 3.63) is 30.3 Å². The van der Waals surface area contributed by atoms with Crippen molar-refractivity contribution in [3.63, 3.8) is 0 Å². The molecule has 0 spiro atoms. The van der Waals surface area contributed by atoms with Gasteiger partial charge in [-0.15, -0.1) is 0 Å². The first-order chi connectivity index (χ1) is 10.7. The van der Waals surface area contributed by atoms with Gasteiger partial charge < -0.3 is 10.2 Å². The minimum Gasteiger partial charge on any atom is -0.353 e. The molecule has 116 valence electrons. The average Bonchev–Trinajstić information content (AvgIpc) is 3.44. The highest BCUT2D eigenvalue weighted by Gasteiger charge is 2.44. The van der Waals surface area contributed by atoms with E-state index in [4.69, 9.17) is 0 Å². The molecular weight excluding hydrogens is 276 g/mol. The van der Waals surface area contributed by atoms with Gasteiger partial charge in [-0.05, 0) is 49.7 Å². The second kappa shape index (κ2) is 5.41. The van der Waals surface area contributed by atoms with Gasteiger partial charge in [0.15, 0.2) is 0 Å². The number of nitrogens with one attached hydrogen (secondary N) is 1. The Morgan fingerprint density at radius 3 is 2.32 bits per heavy atom. The first-order valence-corrected chi connectivity index (χ1v) is 8.38. The molecule has 3 aliphatic rings. The normalized spacial score (nSPS) is 24.9. The van der Waals surface area contributed by atoms with E-state index in [9.17, 15) is 9.59 Å². The van der Waals surface area contributed by atoms with Crippen LogP contribution in [0, 0.1) is 17.8 Å². The number of rotatable bonds is 5. The third-order valence-electron chi connectivity index (χ3n) is 5.13. The van der Waals surface area contributed by atoms with Gasteiger partial charge in [-0.2, -0.15) is 0 Å². The third kappa shape index (κ3) is 2.74. The van der Waals surface area contributed by atoms with Crippen LogP contribution in [0.1, 0.15) is 32.1 Å². The SMILES string of the molecule is O=C(NC(C1CC1)C1CC1)[C@@H]1CC(=O)N(c2ccccc2)C1. The van der Waals surface area contributed by atoms with Gasteiger partial charge in [0.1, 0.15) is 0 Å². The van der Waals surface area contributed by atoms with Gasteiger partial charge in [-0.1, -0.05) is 18.2 Å². The number of carbonyl (C=O) groups excluding carboxylic acids is 2. The van der Waals surface area contributed by atoms with Crippen molar-refractivity contribution in [2.45, 2.75) is 38.1 Å². The van der Waals surface area contributed by atoms with E-state index in [1.165, 1.54) is 25.7 Å². The lowest BCUT2D eigenvalue weighted by atomic mass is 10.0. The highest BCUT2D eigenvalue weighted by atomic mass is 16.2. The van der Waals surface area contributed by atoms with Crippen LogP contribution in [0.15, 0.2) is 30.3 Å². The van der Waals surface area contributed by atoms with Crippen molar-refractivity contribution in [2.24, 2.45) is 17.8 Å². The number of carbonyl (C=O) groups is 2. The molecule has 4 nitrogen and oxygen atoms in total. The largest absolute Gasteiger partial charge is 0.353 e. The van der Waals surface area contributed by atoms with Crippen molar-refractivity contribution in [3.8, 4) is 0 Å². The quantitative estimate of drug-likeness (QED) is 0.907. The summed E-state index contributed by atoms with van der Waals surface area (Å²) < 4.78 is 0. The monoisotopic (exact) mass is 298 g/mol. The third-order valence-corrected chi connectivity index (χ3v) is 5.13. The number of anilines is 1. The number of hydrogen-bond acceptors (Lipinski definition) is 2. The van der Waals surface area contributed by atoms with E-state index >= 15 is 0 Å². The summed E-state index contributed by atoms with van der Waals surface area (Å²) in [6.45, 7) is 0.511. The molecule has 0 unspecified atom stereocenters. The first kappa shape index (κ1) is 13.8. The summed E-state index contributed by atoms with van der Waals surface area (Å²) >= 11 is 0. The van der Waals surface area contributed by atoms with Crippen LogP contribution in [0.3, 0.4) is 0 Å². The summed E-state index contributed by atoms with van der Waals surface area (Å²) in [5.74, 6) is 1.32. The zero-order chi connectivity index (χ0) is 15.1. The second-order valence-electron chi connectivity index (χ2n) is 6.95. The molecule has 2 aliphatic carbocycles. The van der Waals surface area contributed by atoms with Crippen LogP contribution in [0.5, 0.6) is 0 Å². The summed E-state index contributed by atoms with van der Waals surface area (Å²) in [6, 6.07) is 10.0. The standard InChI is InChI=1S/C18H22N2O2/c21-16-10-14(11-20(16)15-4-2-1-3-5-15)18(22)19-17(12-6-7-12)13-8-9-13/h1-5,12-14,17H,6-11H2,(H,19,22)/t14-/m1/s1. The highest BCUT2D eigenvalue weighted by Crippen LogP contribution is 2.44. The van der Waals surface area contributed by atoms with Gasteiger partial charge in [-0.25, -0.2) is 0 Å². The number of nitrogens with zero attached hydrogens (tertiary/aromatic N) is 1. The van der Waals surface area contributed by atoms with E-state index in [-0.39, 0.29) is 17.7 Å². The molecule has 0 aromatic heterocycles. The van der Waals surface area contributed by atoms with Gasteiger partial charge in [0.2, 0.25) is 11.8 Å². The molecule has 1 aliphatic heterocycles. The lowest BCUT2D eigenvalue weighted by Crippen LogP contribution is -2.42. The van der Waals surface area contributed by atoms with Crippen LogP contribution in [-0.2, 0) is 9.59 Å². The summed E-state index contributed by atoms with van der Waals surface area (Å²) in [5.41, 5.74) is 0.892. The number of hydrogen-bond donors (Lipinski definition) is 1. The molecule has 2 amide bonds. The average molecular weight is 298 g/mol. The molecule has 22 heavy (non-hydrogen) atoms. The number of benzene rings is 1. The fourth-order valence-corrected chi connectivity index (χ4v) is 3.55. The summed E-state index contributed by atoms with van der Waals surface area (Å²) in [7, 11) is 0. The van der Waals surface area contributed by atoms with E-state index < -0.39 is 0 Å². The Balaban J connectivity index is 1.40. The maximum Gasteiger partial charge on any atom is 0.227 e. The van der Waals surface area contributed by atoms with Crippen molar-refractivity contribution in [1.29, 1.82) is 0 Å². The molecular formula is C18H22N2O2. The molecule has 2 saturated carbocycles. The summed E-state index contributed by atoms with van der Waals surface area (Å²) in [4.78, 5) is 26.5. The lowest BCUT2D eigenvalue weighted by Gasteiger charge is -2.20. The minimum absolute atomic E-state index is 0.0562. The Kier molecular flexibility index (Phi) is 3.40. The zero-order valence-corrected chi connectivity index (χ0v) is 12.7. The lowest BCUT2D eigenvalue weighted by molar-refractivity contribution is -0.127. The highest BCUT2D eigenvalue weighted by molar-refractivity contribution is 6.00. The van der Waals surface area contributed by atoms with Crippen molar-refractivity contribution in [1.82, 2.24) is 5.32 Å². The molecule has 0 radical (unpaired) electrons. The van der Waals surface area contributed by atoms with Gasteiger partial charge in [0, 0.05) is 24.7 Å². The van der Waals surface area contributed by atoms with Crippen LogP contribution < -0.4 is 10.2 Å². The van der Waals surface area contributed by atoms with Crippen LogP contribution in [0.25, 0.3) is 0 Å². The van der Waals surface area contributed by atoms with Crippen LogP contribution in [0.4, 0.5) is 5.69 Å². The summed E-state index contributed by atoms with van der Waals surface area (Å²) in [5, 5.41) is 3.26. The molecule has 4 heteroatoms. The van der Waals surface area contributed by atoms with E-state index in [0.717, 1.165) is 5.69 Å². The predicted molar refractivity (Wildman–Crippen MR) is 84.3 cm³/mol. The van der Waals surface area contributed by atoms with E-state index in [1.54, 1.807) is 4.90 Å². The maximum absolute atomic E-state index is 12.6. The zero-order valence-electron chi connectivity index (χ0n) is 12.7. The van der Waals surface area contributed by atoms with Crippen molar-refractivity contribution < 1.29 is 9.59 Å². The Morgan fingerprint density at radius 2 is 1.73 bits per heavy atom. The molecule has 1 N–H and O–H groups in total. The van der Waals surface area contributed by atoms with E-state index in [0.29, 0.717) is 30.8 Å². The molecule has 1 aromatic rings. The molecule has 4 rings (SSSR count). The molecule has 0 bridgehead atoms. The molecule has 1 aromatic carbocycles. The van der Waals surface area contributed by atoms with Crippen molar-refractivity contribution >= 4 is 17.5 Å². The predicted octanol–water partition coefficient (Wildman–Crippen LogP) is 2.34. The van der Waals surface area contributed by atoms with Gasteiger partial charge in [-0.3, -0.25) is 9.59 Å². The number of amides is 2. The minimum atomic E-state index is -0.201. The fraction of sp³-hybridized carbons (Fsp3) is 0.556. The molecule has 1 atom stereocenters. The second-order valence-corrected chi connectivity index (χ2v) is 6.95. The smallest absolute Gasteiger partial charge is 0.227 e. The van der Waals surface area contributed by atoms with E-state index in [1.807, 2.05) is 30.3 Å².